The molecule has 22 heavy (non-hydrogen) atoms. The molecule has 0 unspecified atom stereocenters. The van der Waals surface area contributed by atoms with Gasteiger partial charge in [0.15, 0.2) is 0 Å². The molecule has 1 N–H and O–H groups in total. The number of carbonyl (C=O) groups is 1. The average Bonchev–Trinajstić information content (AvgIpc) is 2.45. The van der Waals surface area contributed by atoms with Crippen molar-refractivity contribution in [2.75, 3.05) is 7.11 Å². The second-order valence-corrected chi connectivity index (χ2v) is 7.91. The van der Waals surface area contributed by atoms with Crippen molar-refractivity contribution in [1.82, 2.24) is 5.32 Å². The molecule has 4 aliphatic rings. The molecule has 4 heteroatoms. The Morgan fingerprint density at radius 3 is 2.27 bits per heavy atom. The standard InChI is InChI=1S/C18H22ClNO2/c1-22-16-3-2-14(7-15(16)19)17(21)20-18-8-11-4-12(9-18)6-13(5-11)10-18/h2-3,7,11-13H,4-6,8-10H2,1H3,(H,20,21). The number of hydrogen-bond donors (Lipinski definition) is 1. The van der Waals surface area contributed by atoms with E-state index in [1.807, 2.05) is 0 Å². The SMILES string of the molecule is COc1ccc(C(=O)NC23CC4CC(CC(C4)C2)C3)cc1Cl. The van der Waals surface area contributed by atoms with E-state index < -0.39 is 0 Å². The minimum absolute atomic E-state index is 0.00602. The van der Waals surface area contributed by atoms with Crippen molar-refractivity contribution in [2.45, 2.75) is 44.1 Å². The zero-order valence-electron chi connectivity index (χ0n) is 12.9. The van der Waals surface area contributed by atoms with Crippen LogP contribution in [0.1, 0.15) is 48.9 Å². The number of rotatable bonds is 3. The highest BCUT2D eigenvalue weighted by atomic mass is 35.5. The number of benzene rings is 1. The Morgan fingerprint density at radius 1 is 1.18 bits per heavy atom. The number of halogens is 1. The normalized spacial score (nSPS) is 35.5. The topological polar surface area (TPSA) is 38.3 Å². The van der Waals surface area contributed by atoms with Crippen LogP contribution in [-0.2, 0) is 0 Å². The maximum absolute atomic E-state index is 12.7. The molecule has 4 fully saturated rings. The van der Waals surface area contributed by atoms with E-state index in [-0.39, 0.29) is 11.4 Å². The van der Waals surface area contributed by atoms with Crippen LogP contribution in [0.4, 0.5) is 0 Å². The van der Waals surface area contributed by atoms with Crippen LogP contribution >= 0.6 is 11.6 Å². The van der Waals surface area contributed by atoms with E-state index in [1.54, 1.807) is 25.3 Å². The van der Waals surface area contributed by atoms with Crippen molar-refractivity contribution in [3.05, 3.63) is 28.8 Å². The number of hydrogen-bond acceptors (Lipinski definition) is 2. The van der Waals surface area contributed by atoms with Gasteiger partial charge >= 0.3 is 0 Å². The lowest BCUT2D eigenvalue weighted by atomic mass is 9.53. The molecule has 0 saturated heterocycles. The first kappa shape index (κ1) is 14.4. The largest absolute Gasteiger partial charge is 0.495 e. The Balaban J connectivity index is 1.53. The van der Waals surface area contributed by atoms with Gasteiger partial charge in [0.2, 0.25) is 0 Å². The average molecular weight is 320 g/mol. The van der Waals surface area contributed by atoms with E-state index in [9.17, 15) is 4.79 Å². The van der Waals surface area contributed by atoms with Gasteiger partial charge in [-0.15, -0.1) is 0 Å². The predicted molar refractivity (Wildman–Crippen MR) is 86.4 cm³/mol. The van der Waals surface area contributed by atoms with Crippen LogP contribution < -0.4 is 10.1 Å². The molecule has 5 rings (SSSR count). The Kier molecular flexibility index (Phi) is 3.37. The third-order valence-electron chi connectivity index (χ3n) is 5.83. The van der Waals surface area contributed by atoms with Gasteiger partial charge in [0.25, 0.3) is 5.91 Å². The number of nitrogens with one attached hydrogen (secondary N) is 1. The molecule has 1 aromatic rings. The predicted octanol–water partition coefficient (Wildman–Crippen LogP) is 4.05. The van der Waals surface area contributed by atoms with E-state index in [4.69, 9.17) is 16.3 Å². The van der Waals surface area contributed by atoms with Gasteiger partial charge in [-0.25, -0.2) is 0 Å². The minimum atomic E-state index is 0.00602. The Morgan fingerprint density at radius 2 is 1.77 bits per heavy atom. The molecule has 3 nitrogen and oxygen atoms in total. The van der Waals surface area contributed by atoms with Gasteiger partial charge in [0, 0.05) is 11.1 Å². The van der Waals surface area contributed by atoms with Crippen molar-refractivity contribution >= 4 is 17.5 Å². The van der Waals surface area contributed by atoms with E-state index in [0.717, 1.165) is 37.0 Å². The molecule has 0 radical (unpaired) electrons. The van der Waals surface area contributed by atoms with Crippen LogP contribution in [0.5, 0.6) is 5.75 Å². The molecule has 4 saturated carbocycles. The lowest BCUT2D eigenvalue weighted by molar-refractivity contribution is -0.0167. The van der Waals surface area contributed by atoms with Crippen LogP contribution in [0.2, 0.25) is 5.02 Å². The van der Waals surface area contributed by atoms with Crippen molar-refractivity contribution in [3.8, 4) is 5.75 Å². The van der Waals surface area contributed by atoms with E-state index in [0.29, 0.717) is 16.3 Å². The summed E-state index contributed by atoms with van der Waals surface area (Å²) < 4.78 is 5.15. The first-order valence-electron chi connectivity index (χ1n) is 8.23. The molecule has 0 atom stereocenters. The summed E-state index contributed by atoms with van der Waals surface area (Å²) in [5.41, 5.74) is 0.666. The summed E-state index contributed by atoms with van der Waals surface area (Å²) in [7, 11) is 1.58. The molecular weight excluding hydrogens is 298 g/mol. The minimum Gasteiger partial charge on any atom is -0.495 e. The molecule has 1 aromatic carbocycles. The summed E-state index contributed by atoms with van der Waals surface area (Å²) in [5.74, 6) is 3.09. The summed E-state index contributed by atoms with van der Waals surface area (Å²) in [6, 6.07) is 5.26. The van der Waals surface area contributed by atoms with E-state index in [2.05, 4.69) is 5.32 Å². The van der Waals surface area contributed by atoms with E-state index >= 15 is 0 Å². The third-order valence-corrected chi connectivity index (χ3v) is 6.13. The molecule has 4 aliphatic carbocycles. The van der Waals surface area contributed by atoms with Gasteiger partial charge in [-0.3, -0.25) is 4.79 Å². The van der Waals surface area contributed by atoms with Gasteiger partial charge < -0.3 is 10.1 Å². The molecule has 0 heterocycles. The lowest BCUT2D eigenvalue weighted by Gasteiger charge is -2.56. The van der Waals surface area contributed by atoms with Gasteiger partial charge in [0.05, 0.1) is 12.1 Å². The smallest absolute Gasteiger partial charge is 0.251 e. The Labute approximate surface area is 136 Å². The second kappa shape index (κ2) is 5.16. The molecule has 0 aliphatic heterocycles. The van der Waals surface area contributed by atoms with Crippen molar-refractivity contribution in [3.63, 3.8) is 0 Å². The van der Waals surface area contributed by atoms with Gasteiger partial charge in [-0.2, -0.15) is 0 Å². The van der Waals surface area contributed by atoms with Crippen LogP contribution in [0.25, 0.3) is 0 Å². The van der Waals surface area contributed by atoms with Crippen LogP contribution in [0.3, 0.4) is 0 Å². The second-order valence-electron chi connectivity index (χ2n) is 7.50. The number of methoxy groups -OCH3 is 1. The summed E-state index contributed by atoms with van der Waals surface area (Å²) in [6.45, 7) is 0. The molecule has 118 valence electrons. The highest BCUT2D eigenvalue weighted by Gasteiger charge is 2.51. The molecule has 1 amide bonds. The summed E-state index contributed by atoms with van der Waals surface area (Å²) >= 11 is 6.14. The fourth-order valence-corrected chi connectivity index (χ4v) is 5.64. The quantitative estimate of drug-likeness (QED) is 0.913. The zero-order chi connectivity index (χ0) is 15.3. The highest BCUT2D eigenvalue weighted by Crippen LogP contribution is 2.55. The van der Waals surface area contributed by atoms with Crippen LogP contribution in [0.15, 0.2) is 18.2 Å². The van der Waals surface area contributed by atoms with Crippen LogP contribution in [0, 0.1) is 17.8 Å². The summed E-state index contributed by atoms with van der Waals surface area (Å²) in [4.78, 5) is 12.7. The maximum atomic E-state index is 12.7. The molecule has 0 spiro atoms. The fraction of sp³-hybridized carbons (Fsp3) is 0.611. The van der Waals surface area contributed by atoms with Crippen molar-refractivity contribution in [1.29, 1.82) is 0 Å². The Hall–Kier alpha value is -1.22. The summed E-state index contributed by atoms with van der Waals surface area (Å²) in [6.07, 6.45) is 7.62. The third kappa shape index (κ3) is 2.40. The highest BCUT2D eigenvalue weighted by molar-refractivity contribution is 6.32. The molecule has 4 bridgehead atoms. The monoisotopic (exact) mass is 319 g/mol. The first-order chi connectivity index (χ1) is 10.6. The maximum Gasteiger partial charge on any atom is 0.251 e. The molecule has 0 aromatic heterocycles. The van der Waals surface area contributed by atoms with Crippen molar-refractivity contribution < 1.29 is 9.53 Å². The zero-order valence-corrected chi connectivity index (χ0v) is 13.7. The molecular formula is C18H22ClNO2. The van der Waals surface area contributed by atoms with Gasteiger partial charge in [0.1, 0.15) is 5.75 Å². The van der Waals surface area contributed by atoms with Crippen molar-refractivity contribution in [2.24, 2.45) is 17.8 Å². The van der Waals surface area contributed by atoms with Gasteiger partial charge in [-0.1, -0.05) is 11.6 Å². The Bertz CT molecular complexity index is 578. The van der Waals surface area contributed by atoms with Gasteiger partial charge in [-0.05, 0) is 74.5 Å². The first-order valence-corrected chi connectivity index (χ1v) is 8.61. The number of carbonyl (C=O) groups excluding carboxylic acids is 1. The lowest BCUT2D eigenvalue weighted by Crippen LogP contribution is -2.59. The number of ether oxygens (including phenoxy) is 1. The fourth-order valence-electron chi connectivity index (χ4n) is 5.38. The van der Waals surface area contributed by atoms with E-state index in [1.165, 1.54) is 19.3 Å². The van der Waals surface area contributed by atoms with Crippen LogP contribution in [-0.4, -0.2) is 18.6 Å². The summed E-state index contributed by atoms with van der Waals surface area (Å²) in [5, 5.41) is 3.85. The number of amides is 1.